The quantitative estimate of drug-likeness (QED) is 0.502. The third-order valence-electron chi connectivity index (χ3n) is 1.22. The monoisotopic (exact) mass is 209 g/mol. The molecular formula is C8H5F4S. The molecule has 0 atom stereocenters. The second-order valence-corrected chi connectivity index (χ2v) is 3.42. The van der Waals surface area contributed by atoms with E-state index in [-0.39, 0.29) is 0 Å². The standard InChI is InChI=1S/C8H5F4S/c1-5-2-3-7(6(9)4-5)13-8(10,11)12/h2-4H,1H2. The number of rotatable bonds is 1. The van der Waals surface area contributed by atoms with Gasteiger partial charge in [-0.2, -0.15) is 13.2 Å². The van der Waals surface area contributed by atoms with Gasteiger partial charge in [0.05, 0.1) is 4.90 Å². The third kappa shape index (κ3) is 3.26. The van der Waals surface area contributed by atoms with Crippen molar-refractivity contribution in [1.82, 2.24) is 0 Å². The molecule has 0 aliphatic rings. The van der Waals surface area contributed by atoms with E-state index in [4.69, 9.17) is 0 Å². The van der Waals surface area contributed by atoms with Crippen molar-refractivity contribution in [3.63, 3.8) is 0 Å². The van der Waals surface area contributed by atoms with Crippen LogP contribution >= 0.6 is 11.8 Å². The lowest BCUT2D eigenvalue weighted by atomic mass is 10.2. The Morgan fingerprint density at radius 3 is 2.31 bits per heavy atom. The summed E-state index contributed by atoms with van der Waals surface area (Å²) in [6.45, 7) is 3.39. The van der Waals surface area contributed by atoms with Crippen LogP contribution in [-0.4, -0.2) is 5.51 Å². The average molecular weight is 209 g/mol. The molecule has 0 bridgehead atoms. The van der Waals surface area contributed by atoms with Gasteiger partial charge < -0.3 is 0 Å². The molecule has 1 aromatic rings. The molecule has 1 rings (SSSR count). The minimum atomic E-state index is -4.45. The minimum absolute atomic E-state index is 0.351. The van der Waals surface area contributed by atoms with E-state index >= 15 is 0 Å². The van der Waals surface area contributed by atoms with Gasteiger partial charge >= 0.3 is 5.51 Å². The molecule has 0 saturated heterocycles. The van der Waals surface area contributed by atoms with Crippen LogP contribution < -0.4 is 0 Å². The summed E-state index contributed by atoms with van der Waals surface area (Å²) in [5, 5.41) is 0. The maximum atomic E-state index is 12.8. The predicted molar refractivity (Wildman–Crippen MR) is 42.8 cm³/mol. The second kappa shape index (κ2) is 3.57. The van der Waals surface area contributed by atoms with Crippen molar-refractivity contribution >= 4 is 11.8 Å². The van der Waals surface area contributed by atoms with Crippen LogP contribution in [0.1, 0.15) is 5.56 Å². The van der Waals surface area contributed by atoms with Crippen LogP contribution in [0.15, 0.2) is 23.1 Å². The zero-order valence-electron chi connectivity index (χ0n) is 6.36. The molecule has 0 saturated carbocycles. The van der Waals surface area contributed by atoms with E-state index in [0.29, 0.717) is 5.56 Å². The summed E-state index contributed by atoms with van der Waals surface area (Å²) in [5.41, 5.74) is -4.10. The summed E-state index contributed by atoms with van der Waals surface area (Å²) in [7, 11) is 0. The van der Waals surface area contributed by atoms with Crippen LogP contribution in [0.25, 0.3) is 0 Å². The molecular weight excluding hydrogens is 204 g/mol. The summed E-state index contributed by atoms with van der Waals surface area (Å²) < 4.78 is 48.2. The third-order valence-corrected chi connectivity index (χ3v) is 2.00. The largest absolute Gasteiger partial charge is 0.446 e. The lowest BCUT2D eigenvalue weighted by Gasteiger charge is -2.06. The van der Waals surface area contributed by atoms with Crippen molar-refractivity contribution in [2.75, 3.05) is 0 Å². The Bertz CT molecular complexity index is 306. The Balaban J connectivity index is 2.90. The number of alkyl halides is 3. The molecule has 0 aliphatic heterocycles. The van der Waals surface area contributed by atoms with Gasteiger partial charge in [-0.1, -0.05) is 6.07 Å². The van der Waals surface area contributed by atoms with Crippen LogP contribution in [0.5, 0.6) is 0 Å². The molecule has 0 nitrogen and oxygen atoms in total. The first-order valence-electron chi connectivity index (χ1n) is 3.26. The average Bonchev–Trinajstić information content (AvgIpc) is 1.93. The molecule has 71 valence electrons. The zero-order chi connectivity index (χ0) is 10.1. The fraction of sp³-hybridized carbons (Fsp3) is 0.125. The van der Waals surface area contributed by atoms with Gasteiger partial charge in [0.2, 0.25) is 0 Å². The Morgan fingerprint density at radius 2 is 1.85 bits per heavy atom. The lowest BCUT2D eigenvalue weighted by molar-refractivity contribution is -0.0329. The molecule has 13 heavy (non-hydrogen) atoms. The van der Waals surface area contributed by atoms with Gasteiger partial charge in [0, 0.05) is 0 Å². The number of benzene rings is 1. The van der Waals surface area contributed by atoms with Gasteiger partial charge in [-0.25, -0.2) is 4.39 Å². The molecule has 5 heteroatoms. The summed E-state index contributed by atoms with van der Waals surface area (Å²) in [5.74, 6) is -0.894. The Morgan fingerprint density at radius 1 is 1.23 bits per heavy atom. The normalized spacial score (nSPS) is 11.8. The zero-order valence-corrected chi connectivity index (χ0v) is 7.18. The van der Waals surface area contributed by atoms with Gasteiger partial charge in [-0.15, -0.1) is 0 Å². The van der Waals surface area contributed by atoms with Crippen molar-refractivity contribution in [3.05, 3.63) is 36.5 Å². The van der Waals surface area contributed by atoms with Crippen LogP contribution in [0.4, 0.5) is 17.6 Å². The molecule has 0 heterocycles. The SMILES string of the molecule is [CH2]c1ccc(SC(F)(F)F)c(F)c1. The van der Waals surface area contributed by atoms with E-state index in [1.54, 1.807) is 0 Å². The predicted octanol–water partition coefficient (Wildman–Crippen LogP) is 3.62. The van der Waals surface area contributed by atoms with Crippen LogP contribution in [0.2, 0.25) is 0 Å². The fourth-order valence-corrected chi connectivity index (χ4v) is 1.29. The van der Waals surface area contributed by atoms with Crippen LogP contribution in [0.3, 0.4) is 0 Å². The van der Waals surface area contributed by atoms with Gasteiger partial charge in [0.25, 0.3) is 0 Å². The van der Waals surface area contributed by atoms with Gasteiger partial charge in [-0.05, 0) is 36.4 Å². The molecule has 0 fully saturated rings. The van der Waals surface area contributed by atoms with Crippen molar-refractivity contribution in [2.24, 2.45) is 0 Å². The van der Waals surface area contributed by atoms with Crippen molar-refractivity contribution in [1.29, 1.82) is 0 Å². The molecule has 0 spiro atoms. The summed E-state index contributed by atoms with van der Waals surface area (Å²) in [6, 6.07) is 3.36. The van der Waals surface area contributed by atoms with E-state index in [9.17, 15) is 17.6 Å². The summed E-state index contributed by atoms with van der Waals surface area (Å²) >= 11 is -0.467. The molecule has 1 aromatic carbocycles. The van der Waals surface area contributed by atoms with Crippen molar-refractivity contribution in [3.8, 4) is 0 Å². The molecule has 0 unspecified atom stereocenters. The Hall–Kier alpha value is -0.710. The van der Waals surface area contributed by atoms with E-state index in [0.717, 1.165) is 12.1 Å². The van der Waals surface area contributed by atoms with Crippen molar-refractivity contribution < 1.29 is 17.6 Å². The number of halogens is 4. The fourth-order valence-electron chi connectivity index (χ4n) is 0.752. The van der Waals surface area contributed by atoms with E-state index in [2.05, 4.69) is 6.92 Å². The molecule has 0 amide bonds. The van der Waals surface area contributed by atoms with E-state index in [1.807, 2.05) is 0 Å². The summed E-state index contributed by atoms with van der Waals surface area (Å²) in [6.07, 6.45) is 0. The number of thioether (sulfide) groups is 1. The van der Waals surface area contributed by atoms with Crippen LogP contribution in [-0.2, 0) is 0 Å². The highest BCUT2D eigenvalue weighted by atomic mass is 32.2. The van der Waals surface area contributed by atoms with Crippen LogP contribution in [0, 0.1) is 12.7 Å². The first kappa shape index (κ1) is 10.4. The number of hydrogen-bond acceptors (Lipinski definition) is 1. The first-order chi connectivity index (χ1) is 5.88. The highest BCUT2D eigenvalue weighted by Crippen LogP contribution is 2.38. The smallest absolute Gasteiger partial charge is 0.206 e. The van der Waals surface area contributed by atoms with E-state index < -0.39 is 28.0 Å². The summed E-state index contributed by atoms with van der Waals surface area (Å²) in [4.78, 5) is -0.431. The van der Waals surface area contributed by atoms with Gasteiger partial charge in [0.1, 0.15) is 5.82 Å². The minimum Gasteiger partial charge on any atom is -0.206 e. The lowest BCUT2D eigenvalue weighted by Crippen LogP contribution is -2.00. The van der Waals surface area contributed by atoms with E-state index in [1.165, 1.54) is 6.07 Å². The molecule has 0 aromatic heterocycles. The Labute approximate surface area is 76.9 Å². The topological polar surface area (TPSA) is 0 Å². The molecule has 1 radical (unpaired) electrons. The highest BCUT2D eigenvalue weighted by Gasteiger charge is 2.30. The molecule has 0 aliphatic carbocycles. The Kier molecular flexibility index (Phi) is 2.85. The first-order valence-corrected chi connectivity index (χ1v) is 4.07. The maximum absolute atomic E-state index is 12.8. The maximum Gasteiger partial charge on any atom is 0.446 e. The van der Waals surface area contributed by atoms with Crippen molar-refractivity contribution in [2.45, 2.75) is 10.4 Å². The molecule has 0 N–H and O–H groups in total. The highest BCUT2D eigenvalue weighted by molar-refractivity contribution is 8.00. The van der Waals surface area contributed by atoms with Gasteiger partial charge in [-0.3, -0.25) is 0 Å². The number of hydrogen-bond donors (Lipinski definition) is 0. The van der Waals surface area contributed by atoms with Gasteiger partial charge in [0.15, 0.2) is 0 Å². The second-order valence-electron chi connectivity index (χ2n) is 2.31.